The first-order valence-electron chi connectivity index (χ1n) is 3.20. The van der Waals surface area contributed by atoms with Gasteiger partial charge in [0, 0.05) is 0 Å². The summed E-state index contributed by atoms with van der Waals surface area (Å²) in [5, 5.41) is 0. The Balaban J connectivity index is 2.92. The lowest BCUT2D eigenvalue weighted by Crippen LogP contribution is -1.78. The number of hydrogen-bond donors (Lipinski definition) is 0. The Bertz CT molecular complexity index is 301. The molecule has 0 spiro atoms. The maximum atomic E-state index is 9.85. The molecular formula is C8H5Cl2NO. The molecule has 0 aliphatic carbocycles. The third-order valence-corrected chi connectivity index (χ3v) is 1.82. The van der Waals surface area contributed by atoms with Crippen molar-refractivity contribution in [3.8, 4) is 0 Å². The van der Waals surface area contributed by atoms with E-state index in [0.717, 1.165) is 5.56 Å². The molecule has 0 N–H and O–H groups in total. The Morgan fingerprint density at radius 2 is 1.83 bits per heavy atom. The molecule has 0 atom stereocenters. The zero-order valence-electron chi connectivity index (χ0n) is 6.00. The first kappa shape index (κ1) is 9.27. The summed E-state index contributed by atoms with van der Waals surface area (Å²) in [5.74, 6) is 0. The third kappa shape index (κ3) is 2.35. The molecule has 1 aromatic carbocycles. The summed E-state index contributed by atoms with van der Waals surface area (Å²) in [4.78, 5) is 12.7. The molecule has 12 heavy (non-hydrogen) atoms. The maximum Gasteiger partial charge on any atom is 0.240 e. The van der Waals surface area contributed by atoms with Crippen LogP contribution in [-0.2, 0) is 4.79 Å². The summed E-state index contributed by atoms with van der Waals surface area (Å²) >= 11 is 11.2. The van der Waals surface area contributed by atoms with Crippen LogP contribution in [0.2, 0.25) is 0 Å². The van der Waals surface area contributed by atoms with E-state index in [1.54, 1.807) is 24.3 Å². The SMILES string of the molecule is O=C=Nc1ccc(C(Cl)Cl)cc1. The van der Waals surface area contributed by atoms with Crippen LogP contribution >= 0.6 is 23.2 Å². The molecule has 0 radical (unpaired) electrons. The van der Waals surface area contributed by atoms with E-state index >= 15 is 0 Å². The summed E-state index contributed by atoms with van der Waals surface area (Å²) in [6.45, 7) is 0. The average Bonchev–Trinajstić information content (AvgIpc) is 2.06. The van der Waals surface area contributed by atoms with Crippen LogP contribution in [0.3, 0.4) is 0 Å². The van der Waals surface area contributed by atoms with Crippen molar-refractivity contribution in [1.29, 1.82) is 0 Å². The predicted molar refractivity (Wildman–Crippen MR) is 48.7 cm³/mol. The Hall–Kier alpha value is -0.820. The largest absolute Gasteiger partial charge is 0.240 e. The van der Waals surface area contributed by atoms with Gasteiger partial charge in [-0.15, -0.1) is 23.2 Å². The van der Waals surface area contributed by atoms with Crippen molar-refractivity contribution in [2.24, 2.45) is 4.99 Å². The van der Waals surface area contributed by atoms with E-state index in [4.69, 9.17) is 23.2 Å². The zero-order valence-corrected chi connectivity index (χ0v) is 7.51. The van der Waals surface area contributed by atoms with E-state index in [1.165, 1.54) is 6.08 Å². The number of carbonyl (C=O) groups excluding carboxylic acids is 1. The van der Waals surface area contributed by atoms with E-state index in [0.29, 0.717) is 5.69 Å². The number of isocyanates is 1. The van der Waals surface area contributed by atoms with Crippen LogP contribution in [0.5, 0.6) is 0 Å². The lowest BCUT2D eigenvalue weighted by Gasteiger charge is -1.99. The zero-order chi connectivity index (χ0) is 8.97. The molecule has 1 aromatic rings. The molecule has 4 heteroatoms. The molecular weight excluding hydrogens is 197 g/mol. The van der Waals surface area contributed by atoms with E-state index < -0.39 is 4.84 Å². The molecule has 0 heterocycles. The Morgan fingerprint density at radius 1 is 1.25 bits per heavy atom. The minimum absolute atomic E-state index is 0.542. The van der Waals surface area contributed by atoms with E-state index in [-0.39, 0.29) is 0 Å². The molecule has 0 fully saturated rings. The van der Waals surface area contributed by atoms with Gasteiger partial charge >= 0.3 is 0 Å². The molecule has 0 aromatic heterocycles. The quantitative estimate of drug-likeness (QED) is 0.411. The van der Waals surface area contributed by atoms with Crippen molar-refractivity contribution in [1.82, 2.24) is 0 Å². The van der Waals surface area contributed by atoms with Crippen LogP contribution in [0.1, 0.15) is 10.4 Å². The van der Waals surface area contributed by atoms with Crippen LogP contribution in [0, 0.1) is 0 Å². The number of benzene rings is 1. The van der Waals surface area contributed by atoms with E-state index in [1.807, 2.05) is 0 Å². The van der Waals surface area contributed by atoms with Gasteiger partial charge in [-0.1, -0.05) is 12.1 Å². The third-order valence-electron chi connectivity index (χ3n) is 1.32. The minimum atomic E-state index is -0.542. The van der Waals surface area contributed by atoms with Crippen LogP contribution in [0.15, 0.2) is 29.3 Å². The molecule has 0 aliphatic rings. The highest BCUT2D eigenvalue weighted by molar-refractivity contribution is 6.44. The summed E-state index contributed by atoms with van der Waals surface area (Å²) in [6.07, 6.45) is 1.44. The highest BCUT2D eigenvalue weighted by Gasteiger charge is 2.01. The number of aliphatic imine (C=N–C) groups is 1. The second kappa shape index (κ2) is 4.27. The number of nitrogens with zero attached hydrogens (tertiary/aromatic N) is 1. The van der Waals surface area contributed by atoms with Gasteiger partial charge in [0.1, 0.15) is 4.84 Å². The van der Waals surface area contributed by atoms with Crippen molar-refractivity contribution < 1.29 is 4.79 Å². The summed E-state index contributed by atoms with van der Waals surface area (Å²) in [7, 11) is 0. The number of alkyl halides is 2. The Labute approximate surface area is 79.8 Å². The summed E-state index contributed by atoms with van der Waals surface area (Å²) in [6, 6.07) is 6.72. The lowest BCUT2D eigenvalue weighted by atomic mass is 10.2. The molecule has 0 amide bonds. The van der Waals surface area contributed by atoms with Gasteiger partial charge < -0.3 is 0 Å². The second-order valence-corrected chi connectivity index (χ2v) is 3.19. The van der Waals surface area contributed by atoms with Gasteiger partial charge in [0.2, 0.25) is 6.08 Å². The molecule has 2 nitrogen and oxygen atoms in total. The summed E-state index contributed by atoms with van der Waals surface area (Å²) < 4.78 is 0. The predicted octanol–water partition coefficient (Wildman–Crippen LogP) is 3.13. The fraction of sp³-hybridized carbons (Fsp3) is 0.125. The van der Waals surface area contributed by atoms with Crippen molar-refractivity contribution in [2.45, 2.75) is 4.84 Å². The van der Waals surface area contributed by atoms with Gasteiger partial charge in [0.25, 0.3) is 0 Å². The minimum Gasteiger partial charge on any atom is -0.211 e. The second-order valence-electron chi connectivity index (χ2n) is 2.10. The van der Waals surface area contributed by atoms with Gasteiger partial charge in [-0.05, 0) is 17.7 Å². The van der Waals surface area contributed by atoms with Crippen LogP contribution < -0.4 is 0 Å². The fourth-order valence-corrected chi connectivity index (χ4v) is 1.04. The average molecular weight is 202 g/mol. The first-order chi connectivity index (χ1) is 5.74. The van der Waals surface area contributed by atoms with Gasteiger partial charge in [-0.3, -0.25) is 0 Å². The summed E-state index contributed by atoms with van der Waals surface area (Å²) in [5.41, 5.74) is 1.32. The number of rotatable bonds is 2. The smallest absolute Gasteiger partial charge is 0.211 e. The monoisotopic (exact) mass is 201 g/mol. The van der Waals surface area contributed by atoms with Crippen molar-refractivity contribution in [2.75, 3.05) is 0 Å². The van der Waals surface area contributed by atoms with Crippen molar-refractivity contribution in [3.05, 3.63) is 29.8 Å². The number of halogens is 2. The number of hydrogen-bond acceptors (Lipinski definition) is 2. The van der Waals surface area contributed by atoms with Crippen LogP contribution in [0.25, 0.3) is 0 Å². The Morgan fingerprint density at radius 3 is 2.25 bits per heavy atom. The topological polar surface area (TPSA) is 29.4 Å². The fourth-order valence-electron chi connectivity index (χ4n) is 0.747. The molecule has 0 saturated carbocycles. The van der Waals surface area contributed by atoms with Crippen LogP contribution in [0.4, 0.5) is 5.69 Å². The molecule has 0 unspecified atom stereocenters. The van der Waals surface area contributed by atoms with Crippen LogP contribution in [-0.4, -0.2) is 6.08 Å². The standard InChI is InChI=1S/C8H5Cl2NO/c9-8(10)6-1-3-7(4-2-6)11-5-12/h1-4,8H. The Kier molecular flexibility index (Phi) is 3.30. The van der Waals surface area contributed by atoms with E-state index in [9.17, 15) is 4.79 Å². The molecule has 1 rings (SSSR count). The van der Waals surface area contributed by atoms with E-state index in [2.05, 4.69) is 4.99 Å². The molecule has 62 valence electrons. The van der Waals surface area contributed by atoms with Gasteiger partial charge in [0.15, 0.2) is 0 Å². The lowest BCUT2D eigenvalue weighted by molar-refractivity contribution is 0.565. The first-order valence-corrected chi connectivity index (χ1v) is 4.07. The van der Waals surface area contributed by atoms with Gasteiger partial charge in [-0.2, -0.15) is 4.99 Å². The molecule has 0 aliphatic heterocycles. The highest BCUT2D eigenvalue weighted by Crippen LogP contribution is 2.25. The van der Waals surface area contributed by atoms with Crippen molar-refractivity contribution >= 4 is 35.0 Å². The normalized spacial score (nSPS) is 9.58. The maximum absolute atomic E-state index is 9.85. The van der Waals surface area contributed by atoms with Gasteiger partial charge in [0.05, 0.1) is 5.69 Å². The van der Waals surface area contributed by atoms with Gasteiger partial charge in [-0.25, -0.2) is 4.79 Å². The highest BCUT2D eigenvalue weighted by atomic mass is 35.5. The molecule has 0 saturated heterocycles. The van der Waals surface area contributed by atoms with Crippen molar-refractivity contribution in [3.63, 3.8) is 0 Å². The molecule has 0 bridgehead atoms.